The molecule has 1 aliphatic heterocycles. The van der Waals surface area contributed by atoms with Crippen LogP contribution in [0.15, 0.2) is 48.5 Å². The summed E-state index contributed by atoms with van der Waals surface area (Å²) in [6.45, 7) is 2.25. The van der Waals surface area contributed by atoms with Gasteiger partial charge < -0.3 is 9.64 Å². The van der Waals surface area contributed by atoms with E-state index in [0.717, 1.165) is 5.56 Å². The molecule has 0 aliphatic carbocycles. The van der Waals surface area contributed by atoms with Crippen LogP contribution in [0.25, 0.3) is 0 Å². The van der Waals surface area contributed by atoms with Crippen molar-refractivity contribution in [3.63, 3.8) is 0 Å². The fourth-order valence-corrected chi connectivity index (χ4v) is 3.14. The number of nitrogens with zero attached hydrogens (tertiary/aromatic N) is 3. The molecule has 0 radical (unpaired) electrons. The normalized spacial score (nSPS) is 16.0. The Morgan fingerprint density at radius 1 is 1.15 bits per heavy atom. The molecule has 6 heteroatoms. The average Bonchev–Trinajstić information content (AvgIpc) is 2.69. The van der Waals surface area contributed by atoms with Crippen LogP contribution in [-0.4, -0.2) is 49.0 Å². The minimum absolute atomic E-state index is 0.112. The van der Waals surface area contributed by atoms with Crippen LogP contribution < -0.4 is 4.74 Å². The van der Waals surface area contributed by atoms with Crippen molar-refractivity contribution in [3.05, 3.63) is 65.5 Å². The van der Waals surface area contributed by atoms with Crippen molar-refractivity contribution in [1.29, 1.82) is 5.26 Å². The molecule has 2 aromatic rings. The highest BCUT2D eigenvalue weighted by Gasteiger charge is 2.27. The van der Waals surface area contributed by atoms with E-state index in [2.05, 4.69) is 11.0 Å². The van der Waals surface area contributed by atoms with Crippen LogP contribution >= 0.6 is 0 Å². The van der Waals surface area contributed by atoms with Crippen molar-refractivity contribution in [2.45, 2.75) is 6.04 Å². The minimum Gasteiger partial charge on any atom is -0.497 e. The lowest BCUT2D eigenvalue weighted by Crippen LogP contribution is -2.49. The number of carbonyl (C=O) groups is 1. The van der Waals surface area contributed by atoms with E-state index in [4.69, 9.17) is 4.74 Å². The van der Waals surface area contributed by atoms with Crippen LogP contribution in [0.5, 0.6) is 5.75 Å². The van der Waals surface area contributed by atoms with Gasteiger partial charge in [-0.2, -0.15) is 5.26 Å². The Morgan fingerprint density at radius 3 is 2.46 bits per heavy atom. The van der Waals surface area contributed by atoms with Gasteiger partial charge in [0.1, 0.15) is 17.6 Å². The molecule has 1 fully saturated rings. The second kappa shape index (κ2) is 7.98. The molecule has 0 N–H and O–H groups in total. The number of ether oxygens (including phenoxy) is 1. The Bertz CT molecular complexity index is 809. The smallest absolute Gasteiger partial charge is 0.253 e. The van der Waals surface area contributed by atoms with Crippen molar-refractivity contribution in [2.75, 3.05) is 33.3 Å². The standard InChI is InChI=1S/C20H20FN3O2/c1-26-18-4-2-3-16(13-18)19(14-22)23-9-11-24(12-10-23)20(25)15-5-7-17(21)8-6-15/h2-8,13,19H,9-12H2,1H3. The highest BCUT2D eigenvalue weighted by atomic mass is 19.1. The Balaban J connectivity index is 1.66. The number of hydrogen-bond acceptors (Lipinski definition) is 4. The molecule has 2 aromatic carbocycles. The third-order valence-electron chi connectivity index (χ3n) is 4.59. The number of benzene rings is 2. The van der Waals surface area contributed by atoms with Gasteiger partial charge in [-0.25, -0.2) is 4.39 Å². The molecule has 1 atom stereocenters. The second-order valence-corrected chi connectivity index (χ2v) is 6.14. The summed E-state index contributed by atoms with van der Waals surface area (Å²) < 4.78 is 18.3. The Morgan fingerprint density at radius 2 is 1.85 bits per heavy atom. The van der Waals surface area contributed by atoms with E-state index in [0.29, 0.717) is 37.5 Å². The Hall–Kier alpha value is -2.91. The van der Waals surface area contributed by atoms with Gasteiger partial charge >= 0.3 is 0 Å². The molecule has 0 aromatic heterocycles. The van der Waals surface area contributed by atoms with Gasteiger partial charge in [-0.1, -0.05) is 12.1 Å². The summed E-state index contributed by atoms with van der Waals surface area (Å²) in [6, 6.07) is 15.0. The summed E-state index contributed by atoms with van der Waals surface area (Å²) in [4.78, 5) is 16.3. The van der Waals surface area contributed by atoms with Gasteiger partial charge in [-0.05, 0) is 42.0 Å². The summed E-state index contributed by atoms with van der Waals surface area (Å²) in [5.74, 6) is 0.244. The predicted molar refractivity (Wildman–Crippen MR) is 95.2 cm³/mol. The molecular weight excluding hydrogens is 333 g/mol. The molecule has 1 unspecified atom stereocenters. The van der Waals surface area contributed by atoms with Gasteiger partial charge in [0.05, 0.1) is 13.2 Å². The maximum Gasteiger partial charge on any atom is 0.253 e. The number of hydrogen-bond donors (Lipinski definition) is 0. The molecular formula is C20H20FN3O2. The first-order valence-corrected chi connectivity index (χ1v) is 8.45. The number of nitriles is 1. The van der Waals surface area contributed by atoms with E-state index in [-0.39, 0.29) is 17.8 Å². The van der Waals surface area contributed by atoms with Crippen molar-refractivity contribution in [2.24, 2.45) is 0 Å². The first-order valence-electron chi connectivity index (χ1n) is 8.45. The van der Waals surface area contributed by atoms with Crippen molar-refractivity contribution in [3.8, 4) is 11.8 Å². The molecule has 0 spiro atoms. The van der Waals surface area contributed by atoms with Crippen LogP contribution in [0.3, 0.4) is 0 Å². The van der Waals surface area contributed by atoms with Gasteiger partial charge in [0.2, 0.25) is 0 Å². The molecule has 0 bridgehead atoms. The second-order valence-electron chi connectivity index (χ2n) is 6.14. The highest BCUT2D eigenvalue weighted by Crippen LogP contribution is 2.25. The molecule has 1 aliphatic rings. The summed E-state index contributed by atoms with van der Waals surface area (Å²) in [7, 11) is 1.60. The molecule has 3 rings (SSSR count). The lowest BCUT2D eigenvalue weighted by Gasteiger charge is -2.37. The summed E-state index contributed by atoms with van der Waals surface area (Å²) in [5, 5.41) is 9.63. The third kappa shape index (κ3) is 3.84. The van der Waals surface area contributed by atoms with Crippen molar-refractivity contribution < 1.29 is 13.9 Å². The zero-order valence-corrected chi connectivity index (χ0v) is 14.6. The van der Waals surface area contributed by atoms with E-state index >= 15 is 0 Å². The summed E-state index contributed by atoms with van der Waals surface area (Å²) in [6.07, 6.45) is 0. The zero-order chi connectivity index (χ0) is 18.5. The van der Waals surface area contributed by atoms with Gasteiger partial charge in [-0.15, -0.1) is 0 Å². The van der Waals surface area contributed by atoms with Crippen molar-refractivity contribution >= 4 is 5.91 Å². The number of rotatable bonds is 4. The quantitative estimate of drug-likeness (QED) is 0.848. The third-order valence-corrected chi connectivity index (χ3v) is 4.59. The van der Waals surface area contributed by atoms with Gasteiger partial charge in [0.15, 0.2) is 0 Å². The molecule has 1 heterocycles. The van der Waals surface area contributed by atoms with E-state index in [1.165, 1.54) is 24.3 Å². The first kappa shape index (κ1) is 17.9. The zero-order valence-electron chi connectivity index (χ0n) is 14.6. The lowest BCUT2D eigenvalue weighted by molar-refractivity contribution is 0.0606. The van der Waals surface area contributed by atoms with Crippen LogP contribution in [0.4, 0.5) is 4.39 Å². The predicted octanol–water partition coefficient (Wildman–Crippen LogP) is 2.86. The highest BCUT2D eigenvalue weighted by molar-refractivity contribution is 5.94. The first-order chi connectivity index (χ1) is 12.6. The number of methoxy groups -OCH3 is 1. The Kier molecular flexibility index (Phi) is 5.49. The maximum absolute atomic E-state index is 13.0. The minimum atomic E-state index is -0.381. The average molecular weight is 353 g/mol. The Labute approximate surface area is 152 Å². The summed E-state index contributed by atoms with van der Waals surface area (Å²) in [5.41, 5.74) is 1.36. The van der Waals surface area contributed by atoms with Gasteiger partial charge in [0.25, 0.3) is 5.91 Å². The van der Waals surface area contributed by atoms with Crippen molar-refractivity contribution in [1.82, 2.24) is 9.80 Å². The molecule has 0 saturated carbocycles. The largest absolute Gasteiger partial charge is 0.497 e. The monoisotopic (exact) mass is 353 g/mol. The number of amides is 1. The molecule has 134 valence electrons. The SMILES string of the molecule is COc1cccc(C(C#N)N2CCN(C(=O)c3ccc(F)cc3)CC2)c1. The molecule has 1 saturated heterocycles. The van der Waals surface area contributed by atoms with E-state index in [1.54, 1.807) is 12.0 Å². The fourth-order valence-electron chi connectivity index (χ4n) is 3.14. The molecule has 5 nitrogen and oxygen atoms in total. The van der Waals surface area contributed by atoms with Crippen LogP contribution in [0, 0.1) is 17.1 Å². The van der Waals surface area contributed by atoms with E-state index in [1.807, 2.05) is 24.3 Å². The van der Waals surface area contributed by atoms with Crippen LogP contribution in [0.2, 0.25) is 0 Å². The van der Waals surface area contributed by atoms with Crippen LogP contribution in [0.1, 0.15) is 22.0 Å². The number of carbonyl (C=O) groups excluding carboxylic acids is 1. The number of piperazine rings is 1. The van der Waals surface area contributed by atoms with Crippen LogP contribution in [-0.2, 0) is 0 Å². The van der Waals surface area contributed by atoms with Gasteiger partial charge in [0, 0.05) is 31.7 Å². The van der Waals surface area contributed by atoms with E-state index < -0.39 is 0 Å². The fraction of sp³-hybridized carbons (Fsp3) is 0.300. The molecule has 1 amide bonds. The lowest BCUT2D eigenvalue weighted by atomic mass is 10.0. The topological polar surface area (TPSA) is 56.6 Å². The van der Waals surface area contributed by atoms with Gasteiger partial charge in [-0.3, -0.25) is 9.69 Å². The summed E-state index contributed by atoms with van der Waals surface area (Å²) >= 11 is 0. The molecule has 26 heavy (non-hydrogen) atoms. The number of halogens is 1. The van der Waals surface area contributed by atoms with E-state index in [9.17, 15) is 14.4 Å². The maximum atomic E-state index is 13.0.